The van der Waals surface area contributed by atoms with Gasteiger partial charge in [-0.25, -0.2) is 4.99 Å². The second-order valence-electron chi connectivity index (χ2n) is 5.23. The molecule has 2 aromatic carbocycles. The Morgan fingerprint density at radius 2 is 1.83 bits per heavy atom. The van der Waals surface area contributed by atoms with Crippen molar-refractivity contribution in [1.82, 2.24) is 5.32 Å². The minimum Gasteiger partial charge on any atom is -0.492 e. The first-order valence-corrected chi connectivity index (χ1v) is 7.54. The molecule has 0 aliphatic carbocycles. The van der Waals surface area contributed by atoms with E-state index in [0.29, 0.717) is 29.3 Å². The Balaban J connectivity index is 1.52. The number of hydrogen-bond acceptors (Lipinski definition) is 4. The Morgan fingerprint density at radius 3 is 2.65 bits per heavy atom. The number of nitrogens with one attached hydrogen (secondary N) is 1. The van der Waals surface area contributed by atoms with Crippen LogP contribution >= 0.6 is 0 Å². The van der Waals surface area contributed by atoms with Crippen LogP contribution in [0.3, 0.4) is 0 Å². The van der Waals surface area contributed by atoms with Gasteiger partial charge < -0.3 is 15.2 Å². The molecule has 2 aromatic rings. The maximum atomic E-state index is 11.9. The van der Waals surface area contributed by atoms with Crippen LogP contribution in [0.1, 0.15) is 0 Å². The molecule has 1 unspecified atom stereocenters. The minimum absolute atomic E-state index is 0.281. The molecule has 0 saturated carbocycles. The third-order valence-electron chi connectivity index (χ3n) is 3.61. The normalized spacial score (nSPS) is 14.3. The van der Waals surface area contributed by atoms with E-state index in [4.69, 9.17) is 4.74 Å². The van der Waals surface area contributed by atoms with Gasteiger partial charge in [-0.05, 0) is 18.2 Å². The number of aliphatic hydroxyl groups excluding tert-OH is 1. The van der Waals surface area contributed by atoms with Gasteiger partial charge in [-0.15, -0.1) is 0 Å². The summed E-state index contributed by atoms with van der Waals surface area (Å²) in [5.41, 5.74) is 0.358. The van der Waals surface area contributed by atoms with Gasteiger partial charge in [-0.3, -0.25) is 4.79 Å². The number of nitrogens with zero attached hydrogens (tertiary/aromatic N) is 1. The molecule has 1 aliphatic heterocycles. The van der Waals surface area contributed by atoms with Crippen molar-refractivity contribution in [1.29, 1.82) is 0 Å². The molecule has 3 rings (SSSR count). The molecule has 1 heterocycles. The summed E-state index contributed by atoms with van der Waals surface area (Å²) in [5, 5.41) is 14.7. The lowest BCUT2D eigenvalue weighted by atomic mass is 10.1. The zero-order chi connectivity index (χ0) is 16.1. The first-order valence-electron chi connectivity index (χ1n) is 7.54. The highest BCUT2D eigenvalue weighted by Gasteiger charge is 2.23. The molecule has 0 aromatic heterocycles. The Labute approximate surface area is 133 Å². The highest BCUT2D eigenvalue weighted by Crippen LogP contribution is 2.08. The first-order chi connectivity index (χ1) is 11.3. The van der Waals surface area contributed by atoms with E-state index in [1.54, 1.807) is 12.1 Å². The number of carbonyl (C=O) groups excluding carboxylic acids is 1. The van der Waals surface area contributed by atoms with Crippen LogP contribution in [0.2, 0.25) is 0 Å². The summed E-state index contributed by atoms with van der Waals surface area (Å²) in [6.07, 6.45) is -0.883. The first kappa shape index (κ1) is 15.4. The quantitative estimate of drug-likeness (QED) is 0.708. The van der Waals surface area contributed by atoms with E-state index < -0.39 is 6.10 Å². The molecule has 5 heteroatoms. The van der Waals surface area contributed by atoms with Crippen molar-refractivity contribution in [3.63, 3.8) is 0 Å². The summed E-state index contributed by atoms with van der Waals surface area (Å²) in [5.74, 6) is 0.448. The number of hydrogen-bond donors (Lipinski definition) is 2. The number of ether oxygens (including phenoxy) is 1. The van der Waals surface area contributed by atoms with Gasteiger partial charge >= 0.3 is 0 Å². The second-order valence-corrected chi connectivity index (χ2v) is 5.23. The number of para-hydroxylation sites is 2. The molecule has 118 valence electrons. The number of carbonyl (C=O) groups is 1. The van der Waals surface area contributed by atoms with Crippen LogP contribution in [-0.4, -0.2) is 36.8 Å². The molecule has 2 N–H and O–H groups in total. The molecular weight excluding hydrogens is 292 g/mol. The van der Waals surface area contributed by atoms with Crippen molar-refractivity contribution in [2.24, 2.45) is 4.99 Å². The molecule has 1 aliphatic rings. The molecule has 0 saturated heterocycles. The zero-order valence-electron chi connectivity index (χ0n) is 12.6. The maximum Gasteiger partial charge on any atom is 0.276 e. The van der Waals surface area contributed by atoms with Crippen LogP contribution in [0.4, 0.5) is 0 Å². The van der Waals surface area contributed by atoms with Gasteiger partial charge in [0.1, 0.15) is 12.4 Å². The van der Waals surface area contributed by atoms with E-state index in [1.807, 2.05) is 42.5 Å². The lowest BCUT2D eigenvalue weighted by Gasteiger charge is -2.12. The van der Waals surface area contributed by atoms with E-state index in [0.717, 1.165) is 5.75 Å². The molecule has 23 heavy (non-hydrogen) atoms. The van der Waals surface area contributed by atoms with Gasteiger partial charge in [-0.1, -0.05) is 36.4 Å². The van der Waals surface area contributed by atoms with Crippen molar-refractivity contribution >= 4 is 11.5 Å². The lowest BCUT2D eigenvalue weighted by Crippen LogP contribution is -2.35. The van der Waals surface area contributed by atoms with Crippen molar-refractivity contribution < 1.29 is 14.6 Å². The smallest absolute Gasteiger partial charge is 0.276 e. The number of amides is 1. The highest BCUT2D eigenvalue weighted by molar-refractivity contribution is 6.16. The number of aliphatic hydroxyl groups is 1. The molecule has 0 fully saturated rings. The van der Waals surface area contributed by atoms with Gasteiger partial charge in [0.05, 0.1) is 17.0 Å². The number of fused-ring (bicyclic) bond motifs is 1. The largest absolute Gasteiger partial charge is 0.492 e. The Bertz CT molecular complexity index is 803. The van der Waals surface area contributed by atoms with Crippen LogP contribution in [0.5, 0.6) is 5.75 Å². The zero-order valence-corrected chi connectivity index (χ0v) is 12.6. The van der Waals surface area contributed by atoms with Gasteiger partial charge in [0, 0.05) is 18.3 Å². The average molecular weight is 310 g/mol. The van der Waals surface area contributed by atoms with E-state index >= 15 is 0 Å². The molecule has 0 radical (unpaired) electrons. The Kier molecular flexibility index (Phi) is 4.80. The van der Waals surface area contributed by atoms with Crippen LogP contribution in [0.15, 0.2) is 59.6 Å². The van der Waals surface area contributed by atoms with E-state index in [2.05, 4.69) is 10.3 Å². The third-order valence-corrected chi connectivity index (χ3v) is 3.61. The Hall–Kier alpha value is -2.50. The minimum atomic E-state index is -0.883. The number of benzene rings is 2. The summed E-state index contributed by atoms with van der Waals surface area (Å²) in [6.45, 7) is 1.34. The summed E-state index contributed by atoms with van der Waals surface area (Å²) < 4.78 is 5.55. The van der Waals surface area contributed by atoms with E-state index in [-0.39, 0.29) is 12.5 Å². The fourth-order valence-corrected chi connectivity index (χ4v) is 2.50. The monoisotopic (exact) mass is 310 g/mol. The predicted molar refractivity (Wildman–Crippen MR) is 86.5 cm³/mol. The number of rotatable bonds is 7. The van der Waals surface area contributed by atoms with Crippen molar-refractivity contribution in [3.8, 4) is 5.75 Å². The standard InChI is InChI=1S/C18H18N2O3/c21-16(12-19-10-11-23-13-6-2-1-3-7-13)17-14-8-4-5-9-15(14)20-18(17)22/h1-9,16,19,21H,10-12H2. The van der Waals surface area contributed by atoms with Gasteiger partial charge in [0.2, 0.25) is 0 Å². The molecule has 5 nitrogen and oxygen atoms in total. The summed E-state index contributed by atoms with van der Waals surface area (Å²) in [7, 11) is 0. The summed E-state index contributed by atoms with van der Waals surface area (Å²) in [6, 6.07) is 16.8. The average Bonchev–Trinajstić information content (AvgIpc) is 2.91. The van der Waals surface area contributed by atoms with Crippen molar-refractivity contribution in [3.05, 3.63) is 65.2 Å². The van der Waals surface area contributed by atoms with Gasteiger partial charge in [-0.2, -0.15) is 0 Å². The van der Waals surface area contributed by atoms with Crippen LogP contribution in [0.25, 0.3) is 5.57 Å². The van der Waals surface area contributed by atoms with Gasteiger partial charge in [0.15, 0.2) is 0 Å². The Morgan fingerprint density at radius 1 is 1.09 bits per heavy atom. The fraction of sp³-hybridized carbons (Fsp3) is 0.222. The van der Waals surface area contributed by atoms with E-state index in [1.165, 1.54) is 0 Å². The summed E-state index contributed by atoms with van der Waals surface area (Å²) >= 11 is 0. The SMILES string of the molecule is O=C1N=c2ccccc2=C1C(O)CNCCOc1ccccc1. The lowest BCUT2D eigenvalue weighted by molar-refractivity contribution is -0.113. The second kappa shape index (κ2) is 7.17. The maximum absolute atomic E-state index is 11.9. The van der Waals surface area contributed by atoms with Crippen molar-refractivity contribution in [2.45, 2.75) is 6.10 Å². The third kappa shape index (κ3) is 3.64. The molecular formula is C18H18N2O3. The van der Waals surface area contributed by atoms with Gasteiger partial charge in [0.25, 0.3) is 5.91 Å². The van der Waals surface area contributed by atoms with Crippen LogP contribution < -0.4 is 20.6 Å². The van der Waals surface area contributed by atoms with Crippen LogP contribution in [-0.2, 0) is 4.79 Å². The molecule has 1 amide bonds. The topological polar surface area (TPSA) is 70.9 Å². The molecule has 1 atom stereocenters. The summed E-state index contributed by atoms with van der Waals surface area (Å²) in [4.78, 5) is 15.9. The predicted octanol–water partition coefficient (Wildman–Crippen LogP) is 0.0266. The van der Waals surface area contributed by atoms with E-state index in [9.17, 15) is 9.90 Å². The van der Waals surface area contributed by atoms with Crippen LogP contribution in [0, 0.1) is 0 Å². The highest BCUT2D eigenvalue weighted by atomic mass is 16.5. The molecule has 0 spiro atoms. The molecule has 0 bridgehead atoms. The van der Waals surface area contributed by atoms with Crippen molar-refractivity contribution in [2.75, 3.05) is 19.7 Å². The fourth-order valence-electron chi connectivity index (χ4n) is 2.50.